The number of hydrogen-bond acceptors (Lipinski definition) is 6. The van der Waals surface area contributed by atoms with Gasteiger partial charge >= 0.3 is 0 Å². The summed E-state index contributed by atoms with van der Waals surface area (Å²) in [5.74, 6) is 1.82. The van der Waals surface area contributed by atoms with E-state index >= 15 is 0 Å². The standard InChI is InChI=1S/C22H24N6S/c1-2-29-18-6-4-16-5-7-19(24-20(16)11-18)22-26-25-21-8-3-15(13-28(21)22)12-27-10-9-17(23)14-27/h3-8,11,13,17H,2,9-10,12,14,23H2,1H3. The van der Waals surface area contributed by atoms with Crippen LogP contribution in [0.25, 0.3) is 28.1 Å². The number of nitrogens with two attached hydrogens (primary N) is 1. The summed E-state index contributed by atoms with van der Waals surface area (Å²) in [6.07, 6.45) is 3.20. The maximum atomic E-state index is 6.05. The van der Waals surface area contributed by atoms with E-state index < -0.39 is 0 Å². The lowest BCUT2D eigenvalue weighted by atomic mass is 10.2. The van der Waals surface area contributed by atoms with Crippen molar-refractivity contribution in [3.8, 4) is 11.5 Å². The lowest BCUT2D eigenvalue weighted by molar-refractivity contribution is 0.326. The molecule has 1 aliphatic rings. The van der Waals surface area contributed by atoms with E-state index in [-0.39, 0.29) is 0 Å². The number of nitrogens with zero attached hydrogens (tertiary/aromatic N) is 5. The van der Waals surface area contributed by atoms with Gasteiger partial charge in [-0.15, -0.1) is 22.0 Å². The number of fused-ring (bicyclic) bond motifs is 2. The van der Waals surface area contributed by atoms with E-state index in [4.69, 9.17) is 10.7 Å². The molecule has 4 aromatic rings. The Hall–Kier alpha value is -2.48. The van der Waals surface area contributed by atoms with Crippen LogP contribution < -0.4 is 5.73 Å². The first-order valence-corrected chi connectivity index (χ1v) is 11.0. The average Bonchev–Trinajstić information content (AvgIpc) is 3.33. The third-order valence-electron chi connectivity index (χ3n) is 5.38. The molecule has 2 N–H and O–H groups in total. The van der Waals surface area contributed by atoms with Gasteiger partial charge < -0.3 is 5.73 Å². The molecule has 1 unspecified atom stereocenters. The molecule has 1 fully saturated rings. The second-order valence-corrected chi connectivity index (χ2v) is 8.89. The second-order valence-electron chi connectivity index (χ2n) is 7.56. The summed E-state index contributed by atoms with van der Waals surface area (Å²) in [6, 6.07) is 15.0. The van der Waals surface area contributed by atoms with Crippen LogP contribution in [-0.4, -0.2) is 49.4 Å². The molecule has 3 aromatic heterocycles. The maximum absolute atomic E-state index is 6.05. The van der Waals surface area contributed by atoms with Crippen LogP contribution >= 0.6 is 11.8 Å². The molecule has 0 saturated carbocycles. The zero-order valence-corrected chi connectivity index (χ0v) is 17.3. The van der Waals surface area contributed by atoms with Crippen LogP contribution in [-0.2, 0) is 6.54 Å². The van der Waals surface area contributed by atoms with E-state index in [1.807, 2.05) is 28.3 Å². The highest BCUT2D eigenvalue weighted by Gasteiger charge is 2.19. The second kappa shape index (κ2) is 7.74. The fourth-order valence-corrected chi connectivity index (χ4v) is 4.64. The Morgan fingerprint density at radius 2 is 2.03 bits per heavy atom. The molecule has 29 heavy (non-hydrogen) atoms. The molecule has 0 aliphatic carbocycles. The van der Waals surface area contributed by atoms with Gasteiger partial charge in [-0.1, -0.05) is 25.1 Å². The van der Waals surface area contributed by atoms with Gasteiger partial charge in [0, 0.05) is 42.2 Å². The predicted molar refractivity (Wildman–Crippen MR) is 118 cm³/mol. The number of thioether (sulfide) groups is 1. The van der Waals surface area contributed by atoms with Crippen LogP contribution in [0.3, 0.4) is 0 Å². The lowest BCUT2D eigenvalue weighted by Crippen LogP contribution is -2.26. The molecule has 5 rings (SSSR count). The van der Waals surface area contributed by atoms with Crippen LogP contribution in [0.5, 0.6) is 0 Å². The summed E-state index contributed by atoms with van der Waals surface area (Å²) in [5.41, 5.74) is 9.94. The third-order valence-corrected chi connectivity index (χ3v) is 6.26. The van der Waals surface area contributed by atoms with Crippen LogP contribution in [0.2, 0.25) is 0 Å². The lowest BCUT2D eigenvalue weighted by Gasteiger charge is -2.15. The van der Waals surface area contributed by atoms with Gasteiger partial charge in [-0.2, -0.15) is 0 Å². The molecule has 6 nitrogen and oxygen atoms in total. The number of benzene rings is 1. The number of rotatable bonds is 5. The van der Waals surface area contributed by atoms with Gasteiger partial charge in [0.25, 0.3) is 0 Å². The fraction of sp³-hybridized carbons (Fsp3) is 0.318. The SMILES string of the molecule is CCSc1ccc2ccc(-c3nnc4ccc(CN5CCC(N)C5)cn34)nc2c1. The van der Waals surface area contributed by atoms with Crippen LogP contribution in [0, 0.1) is 0 Å². The first kappa shape index (κ1) is 18.5. The van der Waals surface area contributed by atoms with Gasteiger partial charge in [-0.25, -0.2) is 4.98 Å². The van der Waals surface area contributed by atoms with E-state index in [1.54, 1.807) is 0 Å². The van der Waals surface area contributed by atoms with Crippen molar-refractivity contribution in [2.45, 2.75) is 30.8 Å². The maximum Gasteiger partial charge on any atom is 0.187 e. The van der Waals surface area contributed by atoms with Gasteiger partial charge in [0.15, 0.2) is 11.5 Å². The minimum Gasteiger partial charge on any atom is -0.326 e. The summed E-state index contributed by atoms with van der Waals surface area (Å²) >= 11 is 1.83. The predicted octanol–water partition coefficient (Wildman–Crippen LogP) is 3.59. The van der Waals surface area contributed by atoms with Gasteiger partial charge in [0.1, 0.15) is 5.69 Å². The van der Waals surface area contributed by atoms with E-state index in [9.17, 15) is 0 Å². The molecule has 0 amide bonds. The van der Waals surface area contributed by atoms with E-state index in [0.29, 0.717) is 6.04 Å². The minimum atomic E-state index is 0.293. The molecular formula is C22H24N6S. The van der Waals surface area contributed by atoms with E-state index in [1.165, 1.54) is 10.5 Å². The molecule has 1 aromatic carbocycles. The van der Waals surface area contributed by atoms with Crippen molar-refractivity contribution >= 4 is 28.3 Å². The highest BCUT2D eigenvalue weighted by Crippen LogP contribution is 2.25. The number of aromatic nitrogens is 4. The fourth-order valence-electron chi connectivity index (χ4n) is 3.95. The van der Waals surface area contributed by atoms with Gasteiger partial charge in [0.05, 0.1) is 5.52 Å². The topological polar surface area (TPSA) is 72.3 Å². The third kappa shape index (κ3) is 3.73. The highest BCUT2D eigenvalue weighted by atomic mass is 32.2. The summed E-state index contributed by atoms with van der Waals surface area (Å²) in [6.45, 7) is 5.06. The Morgan fingerprint density at radius 1 is 1.14 bits per heavy atom. The smallest absolute Gasteiger partial charge is 0.187 e. The van der Waals surface area contributed by atoms with Crippen LogP contribution in [0.1, 0.15) is 18.9 Å². The quantitative estimate of drug-likeness (QED) is 0.513. The molecule has 4 heterocycles. The van der Waals surface area contributed by atoms with Gasteiger partial charge in [0.2, 0.25) is 0 Å². The van der Waals surface area contributed by atoms with Crippen molar-refractivity contribution in [3.63, 3.8) is 0 Å². The van der Waals surface area contributed by atoms with Crippen LogP contribution in [0.4, 0.5) is 0 Å². The first-order valence-electron chi connectivity index (χ1n) is 10.0. The van der Waals surface area contributed by atoms with Crippen molar-refractivity contribution in [1.29, 1.82) is 0 Å². The molecular weight excluding hydrogens is 380 g/mol. The molecule has 148 valence electrons. The number of likely N-dealkylation sites (tertiary alicyclic amines) is 1. The first-order chi connectivity index (χ1) is 14.2. The monoisotopic (exact) mass is 404 g/mol. The molecule has 0 spiro atoms. The van der Waals surface area contributed by atoms with Crippen molar-refractivity contribution in [3.05, 3.63) is 54.2 Å². The van der Waals surface area contributed by atoms with Gasteiger partial charge in [-0.05, 0) is 42.0 Å². The van der Waals surface area contributed by atoms with Crippen LogP contribution in [0.15, 0.2) is 53.6 Å². The molecule has 0 radical (unpaired) electrons. The summed E-state index contributed by atoms with van der Waals surface area (Å²) in [5, 5.41) is 9.90. The average molecular weight is 405 g/mol. The molecule has 0 bridgehead atoms. The summed E-state index contributed by atoms with van der Waals surface area (Å²) < 4.78 is 2.05. The van der Waals surface area contributed by atoms with Crippen molar-refractivity contribution in [2.24, 2.45) is 5.73 Å². The summed E-state index contributed by atoms with van der Waals surface area (Å²) in [7, 11) is 0. The molecule has 7 heteroatoms. The Labute approximate surface area is 174 Å². The zero-order valence-electron chi connectivity index (χ0n) is 16.5. The van der Waals surface area contributed by atoms with E-state index in [2.05, 4.69) is 58.5 Å². The van der Waals surface area contributed by atoms with Crippen molar-refractivity contribution in [1.82, 2.24) is 24.5 Å². The Morgan fingerprint density at radius 3 is 2.86 bits per heavy atom. The molecule has 1 saturated heterocycles. The Balaban J connectivity index is 1.51. The normalized spacial score (nSPS) is 17.5. The van der Waals surface area contributed by atoms with Crippen molar-refractivity contribution < 1.29 is 0 Å². The van der Waals surface area contributed by atoms with Gasteiger partial charge in [-0.3, -0.25) is 9.30 Å². The van der Waals surface area contributed by atoms with Crippen molar-refractivity contribution in [2.75, 3.05) is 18.8 Å². The van der Waals surface area contributed by atoms with E-state index in [0.717, 1.165) is 59.9 Å². The largest absolute Gasteiger partial charge is 0.326 e. The number of hydrogen-bond donors (Lipinski definition) is 1. The number of pyridine rings is 2. The highest BCUT2D eigenvalue weighted by molar-refractivity contribution is 7.99. The molecule has 1 aliphatic heterocycles. The summed E-state index contributed by atoms with van der Waals surface area (Å²) in [4.78, 5) is 8.53. The molecule has 1 atom stereocenters. The zero-order chi connectivity index (χ0) is 19.8. The minimum absolute atomic E-state index is 0.293. The Kier molecular flexibility index (Phi) is 4.95. The Bertz CT molecular complexity index is 1170.